The average Bonchev–Trinajstić information content (AvgIpc) is 3.17. The van der Waals surface area contributed by atoms with Crippen molar-refractivity contribution in [2.24, 2.45) is 7.05 Å². The molecular weight excluding hydrogens is 311 g/mol. The molecule has 0 aliphatic rings. The number of benzene rings is 1. The van der Waals surface area contributed by atoms with Crippen molar-refractivity contribution in [1.82, 2.24) is 19.9 Å². The first-order valence-corrected chi connectivity index (χ1v) is 8.44. The summed E-state index contributed by atoms with van der Waals surface area (Å²) in [7, 11) is 1.94. The van der Waals surface area contributed by atoms with Gasteiger partial charge >= 0.3 is 0 Å². The number of aromatic nitrogens is 3. The molecule has 0 radical (unpaired) electrons. The molecule has 0 spiro atoms. The molecule has 1 atom stereocenters. The highest BCUT2D eigenvalue weighted by Crippen LogP contribution is 2.22. The normalized spacial score (nSPS) is 12.5. The van der Waals surface area contributed by atoms with Gasteiger partial charge in [-0.05, 0) is 24.1 Å². The number of hydrogen-bond donors (Lipinski definition) is 1. The molecular formula is C17H19FN4S. The van der Waals surface area contributed by atoms with Gasteiger partial charge in [0.2, 0.25) is 0 Å². The Balaban J connectivity index is 1.85. The van der Waals surface area contributed by atoms with Crippen molar-refractivity contribution in [3.05, 3.63) is 69.9 Å². The number of hydrogen-bond acceptors (Lipinski definition) is 4. The molecule has 0 aliphatic heterocycles. The van der Waals surface area contributed by atoms with Crippen LogP contribution in [0.5, 0.6) is 0 Å². The predicted molar refractivity (Wildman–Crippen MR) is 89.8 cm³/mol. The van der Waals surface area contributed by atoms with Gasteiger partial charge in [-0.1, -0.05) is 19.1 Å². The Bertz CT molecular complexity index is 780. The second-order valence-electron chi connectivity index (χ2n) is 5.35. The fourth-order valence-electron chi connectivity index (χ4n) is 2.50. The molecule has 23 heavy (non-hydrogen) atoms. The van der Waals surface area contributed by atoms with Crippen molar-refractivity contribution >= 4 is 11.3 Å². The maximum atomic E-state index is 13.6. The number of nitrogens with zero attached hydrogens (tertiary/aromatic N) is 3. The van der Waals surface area contributed by atoms with Gasteiger partial charge in [0, 0.05) is 31.4 Å². The van der Waals surface area contributed by atoms with Crippen molar-refractivity contribution in [3.8, 4) is 0 Å². The lowest BCUT2D eigenvalue weighted by Crippen LogP contribution is -2.25. The maximum absolute atomic E-state index is 13.6. The van der Waals surface area contributed by atoms with Crippen LogP contribution in [0.1, 0.15) is 35.1 Å². The molecule has 0 bridgehead atoms. The second kappa shape index (κ2) is 7.02. The van der Waals surface area contributed by atoms with Gasteiger partial charge in [0.25, 0.3) is 0 Å². The molecule has 2 heterocycles. The third kappa shape index (κ3) is 3.65. The summed E-state index contributed by atoms with van der Waals surface area (Å²) in [6.45, 7) is 2.71. The summed E-state index contributed by atoms with van der Waals surface area (Å²) in [5, 5.41) is 6.64. The third-order valence-corrected chi connectivity index (χ3v) is 4.73. The summed E-state index contributed by atoms with van der Waals surface area (Å²) in [6, 6.07) is 6.45. The standard InChI is InChI=1S/C17H19FN4S/c1-3-15-21-14(11-23-15)10-20-16(17-19-7-8-22(17)2)12-5-4-6-13(18)9-12/h4-9,11,16,20H,3,10H2,1-2H3. The van der Waals surface area contributed by atoms with Crippen LogP contribution in [0.15, 0.2) is 42.0 Å². The molecule has 0 saturated heterocycles. The first-order chi connectivity index (χ1) is 11.2. The highest BCUT2D eigenvalue weighted by Gasteiger charge is 2.18. The van der Waals surface area contributed by atoms with Gasteiger partial charge in [-0.15, -0.1) is 11.3 Å². The lowest BCUT2D eigenvalue weighted by atomic mass is 10.1. The third-order valence-electron chi connectivity index (χ3n) is 3.69. The minimum atomic E-state index is -0.245. The zero-order valence-corrected chi connectivity index (χ0v) is 14.0. The SMILES string of the molecule is CCc1nc(CNC(c2cccc(F)c2)c2nccn2C)cs1. The van der Waals surface area contributed by atoms with E-state index in [9.17, 15) is 4.39 Å². The minimum Gasteiger partial charge on any atom is -0.336 e. The van der Waals surface area contributed by atoms with Gasteiger partial charge in [-0.25, -0.2) is 14.4 Å². The van der Waals surface area contributed by atoms with Gasteiger partial charge in [0.05, 0.1) is 16.7 Å². The maximum Gasteiger partial charge on any atom is 0.130 e. The number of imidazole rings is 1. The van der Waals surface area contributed by atoms with E-state index in [4.69, 9.17) is 0 Å². The molecule has 1 unspecified atom stereocenters. The molecule has 0 aliphatic carbocycles. The smallest absolute Gasteiger partial charge is 0.130 e. The number of aryl methyl sites for hydroxylation is 2. The van der Waals surface area contributed by atoms with Crippen LogP contribution in [-0.4, -0.2) is 14.5 Å². The van der Waals surface area contributed by atoms with Crippen LogP contribution in [-0.2, 0) is 20.0 Å². The van der Waals surface area contributed by atoms with Crippen LogP contribution in [0.3, 0.4) is 0 Å². The largest absolute Gasteiger partial charge is 0.336 e. The topological polar surface area (TPSA) is 42.7 Å². The summed E-state index contributed by atoms with van der Waals surface area (Å²) >= 11 is 1.67. The number of thiazole rings is 1. The van der Waals surface area contributed by atoms with Crippen molar-refractivity contribution in [1.29, 1.82) is 0 Å². The van der Waals surface area contributed by atoms with E-state index in [0.717, 1.165) is 28.5 Å². The van der Waals surface area contributed by atoms with Crippen molar-refractivity contribution in [2.45, 2.75) is 25.9 Å². The molecule has 120 valence electrons. The van der Waals surface area contributed by atoms with Crippen molar-refractivity contribution in [2.75, 3.05) is 0 Å². The van der Waals surface area contributed by atoms with E-state index in [0.29, 0.717) is 6.54 Å². The minimum absolute atomic E-state index is 0.183. The van der Waals surface area contributed by atoms with Crippen LogP contribution < -0.4 is 5.32 Å². The Kier molecular flexibility index (Phi) is 4.83. The predicted octanol–water partition coefficient (Wildman–Crippen LogP) is 3.46. The Morgan fingerprint density at radius 1 is 1.39 bits per heavy atom. The first-order valence-electron chi connectivity index (χ1n) is 7.56. The van der Waals surface area contributed by atoms with Crippen LogP contribution in [0.2, 0.25) is 0 Å². The van der Waals surface area contributed by atoms with Gasteiger partial charge in [0.15, 0.2) is 0 Å². The van der Waals surface area contributed by atoms with Gasteiger partial charge < -0.3 is 4.57 Å². The summed E-state index contributed by atoms with van der Waals surface area (Å²) in [5.74, 6) is 0.604. The molecule has 6 heteroatoms. The summed E-state index contributed by atoms with van der Waals surface area (Å²) in [4.78, 5) is 8.99. The second-order valence-corrected chi connectivity index (χ2v) is 6.29. The van der Waals surface area contributed by atoms with E-state index in [2.05, 4.69) is 27.6 Å². The van der Waals surface area contributed by atoms with E-state index in [1.807, 2.05) is 23.9 Å². The zero-order valence-electron chi connectivity index (χ0n) is 13.2. The molecule has 3 aromatic rings. The molecule has 1 aromatic carbocycles. The molecule has 4 nitrogen and oxygen atoms in total. The van der Waals surface area contributed by atoms with Crippen LogP contribution in [0, 0.1) is 5.82 Å². The number of nitrogens with one attached hydrogen (secondary N) is 1. The monoisotopic (exact) mass is 330 g/mol. The van der Waals surface area contributed by atoms with Crippen molar-refractivity contribution in [3.63, 3.8) is 0 Å². The fraction of sp³-hybridized carbons (Fsp3) is 0.294. The Morgan fingerprint density at radius 3 is 2.91 bits per heavy atom. The molecule has 1 N–H and O–H groups in total. The highest BCUT2D eigenvalue weighted by atomic mass is 32.1. The Morgan fingerprint density at radius 2 is 2.26 bits per heavy atom. The molecule has 2 aromatic heterocycles. The van der Waals surface area contributed by atoms with Crippen molar-refractivity contribution < 1.29 is 4.39 Å². The first kappa shape index (κ1) is 15.8. The quantitative estimate of drug-likeness (QED) is 0.753. The van der Waals surface area contributed by atoms with Gasteiger partial charge in [-0.3, -0.25) is 5.32 Å². The van der Waals surface area contributed by atoms with E-state index in [1.165, 1.54) is 6.07 Å². The lowest BCUT2D eigenvalue weighted by Gasteiger charge is -2.18. The Labute approximate surface area is 139 Å². The van der Waals surface area contributed by atoms with Gasteiger partial charge in [0.1, 0.15) is 11.6 Å². The van der Waals surface area contributed by atoms with E-state index in [-0.39, 0.29) is 11.9 Å². The average molecular weight is 330 g/mol. The lowest BCUT2D eigenvalue weighted by molar-refractivity contribution is 0.547. The molecule has 0 saturated carbocycles. The fourth-order valence-corrected chi connectivity index (χ4v) is 3.24. The van der Waals surface area contributed by atoms with E-state index >= 15 is 0 Å². The molecule has 3 rings (SSSR count). The Hall–Kier alpha value is -2.05. The molecule has 0 fully saturated rings. The van der Waals surface area contributed by atoms with Crippen LogP contribution in [0.4, 0.5) is 4.39 Å². The van der Waals surface area contributed by atoms with Crippen LogP contribution >= 0.6 is 11.3 Å². The highest BCUT2D eigenvalue weighted by molar-refractivity contribution is 7.09. The summed E-state index contributed by atoms with van der Waals surface area (Å²) in [6.07, 6.45) is 4.58. The van der Waals surface area contributed by atoms with Crippen LogP contribution in [0.25, 0.3) is 0 Å². The number of rotatable bonds is 6. The zero-order chi connectivity index (χ0) is 16.2. The molecule has 0 amide bonds. The number of halogens is 1. The van der Waals surface area contributed by atoms with E-state index in [1.54, 1.807) is 29.7 Å². The van der Waals surface area contributed by atoms with Gasteiger partial charge in [-0.2, -0.15) is 0 Å². The summed E-state index contributed by atoms with van der Waals surface area (Å²) in [5.41, 5.74) is 1.85. The summed E-state index contributed by atoms with van der Waals surface area (Å²) < 4.78 is 15.6. The van der Waals surface area contributed by atoms with E-state index < -0.39 is 0 Å².